The standard InChI is InChI=1S/2C4H9NO.2C3H7NO.C3H9N.C3H6O2.C3H8O.C2H7N.C2H6O/c2*1-4(6)5(2)3;2*1-3(5)4-2;1-4(2)3;1-3(4)5-2;1-3(2)4;2*1-3-2/h2*1-3H3;2*1-2H3,(H,4,5);1-3H3;1-2H3;3-4H,1-2H3;3H,1-2H3;1-2H3. The second-order valence-corrected chi connectivity index (χ2v) is 8.48. The van der Waals surface area contributed by atoms with E-state index >= 15 is 0 Å². The lowest BCUT2D eigenvalue weighted by atomic mass is 10.5. The first-order valence-corrected chi connectivity index (χ1v) is 12.4. The lowest BCUT2D eigenvalue weighted by molar-refractivity contribution is -0.138. The van der Waals surface area contributed by atoms with Crippen LogP contribution in [-0.4, -0.2) is 154 Å². The molecule has 0 aromatic rings. The van der Waals surface area contributed by atoms with Crippen LogP contribution in [0.15, 0.2) is 0 Å². The first-order valence-electron chi connectivity index (χ1n) is 12.4. The van der Waals surface area contributed by atoms with Gasteiger partial charge in [-0.3, -0.25) is 24.0 Å². The molecule has 0 spiro atoms. The average Bonchev–Trinajstić information content (AvgIpc) is 2.80. The van der Waals surface area contributed by atoms with Gasteiger partial charge in [0.05, 0.1) is 7.11 Å². The molecule has 41 heavy (non-hydrogen) atoms. The highest BCUT2D eigenvalue weighted by Crippen LogP contribution is 1.70. The van der Waals surface area contributed by atoms with E-state index in [1.165, 1.54) is 51.5 Å². The third-order valence-corrected chi connectivity index (χ3v) is 2.25. The normalized spacial score (nSPS) is 7.41. The number of hydrogen-bond acceptors (Lipinski definition) is 10. The molecule has 0 aliphatic rings. The molecule has 0 aliphatic heterocycles. The van der Waals surface area contributed by atoms with Gasteiger partial charge in [0, 0.05) is 97.2 Å². The van der Waals surface area contributed by atoms with E-state index in [0.717, 1.165) is 0 Å². The maximum atomic E-state index is 10.1. The Labute approximate surface area is 252 Å². The van der Waals surface area contributed by atoms with E-state index in [1.54, 1.807) is 70.4 Å². The van der Waals surface area contributed by atoms with Crippen molar-refractivity contribution in [3.05, 3.63) is 0 Å². The number of aliphatic hydroxyl groups is 1. The van der Waals surface area contributed by atoms with Gasteiger partial charge in [-0.15, -0.1) is 0 Å². The van der Waals surface area contributed by atoms with Gasteiger partial charge < -0.3 is 45.2 Å². The van der Waals surface area contributed by atoms with E-state index < -0.39 is 0 Å². The Balaban J connectivity index is -0.0000000405. The smallest absolute Gasteiger partial charge is 0.302 e. The Kier molecular flexibility index (Phi) is 86.4. The molecule has 0 aromatic heterocycles. The van der Waals surface area contributed by atoms with E-state index in [4.69, 9.17) is 5.11 Å². The number of carbonyl (C=O) groups excluding carboxylic acids is 5. The molecule has 0 heterocycles. The van der Waals surface area contributed by atoms with Gasteiger partial charge in [-0.25, -0.2) is 0 Å². The fourth-order valence-electron chi connectivity index (χ4n) is 0. The summed E-state index contributed by atoms with van der Waals surface area (Å²) in [6, 6.07) is 0. The van der Waals surface area contributed by atoms with Crippen LogP contribution in [0.2, 0.25) is 0 Å². The van der Waals surface area contributed by atoms with Crippen molar-refractivity contribution < 1.29 is 38.6 Å². The summed E-state index contributed by atoms with van der Waals surface area (Å²) in [5, 5.41) is 15.6. The minimum Gasteiger partial charge on any atom is -0.469 e. The van der Waals surface area contributed by atoms with Crippen molar-refractivity contribution in [2.75, 3.05) is 98.9 Å². The van der Waals surface area contributed by atoms with Crippen molar-refractivity contribution in [2.24, 2.45) is 0 Å². The number of methoxy groups -OCH3 is 2. The lowest BCUT2D eigenvalue weighted by Gasteiger charge is -2.02. The van der Waals surface area contributed by atoms with E-state index in [2.05, 4.69) is 25.4 Å². The Bertz CT molecular complexity index is 481. The quantitative estimate of drug-likeness (QED) is 0.286. The maximum absolute atomic E-state index is 10.1. The van der Waals surface area contributed by atoms with Gasteiger partial charge in [0.15, 0.2) is 0 Å². The summed E-state index contributed by atoms with van der Waals surface area (Å²) < 4.78 is 8.36. The second kappa shape index (κ2) is 57.2. The lowest BCUT2D eigenvalue weighted by Crippen LogP contribution is -2.17. The van der Waals surface area contributed by atoms with E-state index in [0.29, 0.717) is 0 Å². The third kappa shape index (κ3) is 368. The van der Waals surface area contributed by atoms with Crippen molar-refractivity contribution >= 4 is 29.6 Å². The molecule has 254 valence electrons. The summed E-state index contributed by atoms with van der Waals surface area (Å²) in [6.07, 6.45) is -0.167. The molecular formula is C27H68N6O8. The topological polar surface area (TPSA) is 170 Å². The van der Waals surface area contributed by atoms with Gasteiger partial charge in [0.25, 0.3) is 0 Å². The summed E-state index contributed by atoms with van der Waals surface area (Å²) in [4.78, 5) is 54.2. The third-order valence-electron chi connectivity index (χ3n) is 2.25. The molecule has 0 aliphatic carbocycles. The molecule has 14 nitrogen and oxygen atoms in total. The Morgan fingerprint density at radius 2 is 0.683 bits per heavy atom. The Morgan fingerprint density at radius 1 is 0.610 bits per heavy atom. The Hall–Kier alpha value is -2.81. The van der Waals surface area contributed by atoms with Crippen molar-refractivity contribution in [2.45, 2.75) is 54.6 Å². The number of carbonyl (C=O) groups is 5. The first kappa shape index (κ1) is 62.0. The molecule has 0 rings (SSSR count). The molecule has 0 atom stereocenters. The van der Waals surface area contributed by atoms with Crippen molar-refractivity contribution in [3.63, 3.8) is 0 Å². The zero-order valence-corrected chi connectivity index (χ0v) is 30.2. The van der Waals surface area contributed by atoms with Crippen LogP contribution in [0, 0.1) is 0 Å². The number of rotatable bonds is 0. The number of nitrogens with one attached hydrogen (secondary N) is 3. The molecule has 0 saturated heterocycles. The molecule has 0 radical (unpaired) electrons. The number of amides is 4. The summed E-state index contributed by atoms with van der Waals surface area (Å²) in [6.45, 7) is 10.8. The van der Waals surface area contributed by atoms with Crippen LogP contribution < -0.4 is 16.0 Å². The SMILES string of the molecule is CC(=O)N(C)C.CC(=O)N(C)C.CC(C)O.CN(C)C.CNC.CNC(C)=O.CNC(C)=O.COC.COC(C)=O. The van der Waals surface area contributed by atoms with E-state index in [-0.39, 0.29) is 35.7 Å². The minimum atomic E-state index is -0.245. The molecular weight excluding hydrogens is 536 g/mol. The van der Waals surface area contributed by atoms with Crippen LogP contribution in [0.25, 0.3) is 0 Å². The highest BCUT2D eigenvalue weighted by Gasteiger charge is 1.88. The van der Waals surface area contributed by atoms with Crippen molar-refractivity contribution in [1.82, 2.24) is 30.7 Å². The maximum Gasteiger partial charge on any atom is 0.302 e. The van der Waals surface area contributed by atoms with Crippen LogP contribution in [0.5, 0.6) is 0 Å². The van der Waals surface area contributed by atoms with Crippen LogP contribution in [0.3, 0.4) is 0 Å². The number of hydrogen-bond donors (Lipinski definition) is 4. The molecule has 0 fully saturated rings. The highest BCUT2D eigenvalue weighted by molar-refractivity contribution is 5.73. The Morgan fingerprint density at radius 3 is 0.683 bits per heavy atom. The van der Waals surface area contributed by atoms with Gasteiger partial charge >= 0.3 is 5.97 Å². The van der Waals surface area contributed by atoms with Gasteiger partial charge in [-0.1, -0.05) is 0 Å². The average molecular weight is 605 g/mol. The summed E-state index contributed by atoms with van der Waals surface area (Å²) in [5.74, 6) is -0.0509. The zero-order chi connectivity index (χ0) is 35.7. The summed E-state index contributed by atoms with van der Waals surface area (Å²) >= 11 is 0. The molecule has 0 unspecified atom stereocenters. The number of ether oxygens (including phenoxy) is 2. The second-order valence-electron chi connectivity index (χ2n) is 8.48. The van der Waals surface area contributed by atoms with Gasteiger partial charge in [-0.2, -0.15) is 0 Å². The highest BCUT2D eigenvalue weighted by atomic mass is 16.5. The van der Waals surface area contributed by atoms with Crippen LogP contribution in [0.4, 0.5) is 0 Å². The number of esters is 1. The van der Waals surface area contributed by atoms with Crippen molar-refractivity contribution in [3.8, 4) is 0 Å². The van der Waals surface area contributed by atoms with E-state index in [9.17, 15) is 24.0 Å². The molecule has 0 aromatic carbocycles. The fraction of sp³-hybridized carbons (Fsp3) is 0.815. The molecule has 4 amide bonds. The van der Waals surface area contributed by atoms with Crippen LogP contribution in [0.1, 0.15) is 48.5 Å². The van der Waals surface area contributed by atoms with Crippen LogP contribution >= 0.6 is 0 Å². The molecule has 14 heteroatoms. The molecule has 0 saturated carbocycles. The largest absolute Gasteiger partial charge is 0.469 e. The fourth-order valence-corrected chi connectivity index (χ4v) is 0. The predicted molar refractivity (Wildman–Crippen MR) is 171 cm³/mol. The van der Waals surface area contributed by atoms with E-state index in [1.807, 2.05) is 40.1 Å². The first-order chi connectivity index (χ1) is 18.4. The summed E-state index contributed by atoms with van der Waals surface area (Å²) in [7, 11) is 24.4. The minimum absolute atomic E-state index is 0.00463. The molecule has 4 N–H and O–H groups in total. The molecule has 0 bridgehead atoms. The number of aliphatic hydroxyl groups excluding tert-OH is 1. The van der Waals surface area contributed by atoms with Gasteiger partial charge in [-0.05, 0) is 49.1 Å². The van der Waals surface area contributed by atoms with Crippen LogP contribution in [-0.2, 0) is 33.4 Å². The number of nitrogens with zero attached hydrogens (tertiary/aromatic N) is 3. The van der Waals surface area contributed by atoms with Gasteiger partial charge in [0.1, 0.15) is 0 Å². The summed E-state index contributed by atoms with van der Waals surface area (Å²) in [5.41, 5.74) is 0. The predicted octanol–water partition coefficient (Wildman–Crippen LogP) is 0.536. The monoisotopic (exact) mass is 605 g/mol. The van der Waals surface area contributed by atoms with Crippen molar-refractivity contribution in [1.29, 1.82) is 0 Å². The van der Waals surface area contributed by atoms with Gasteiger partial charge in [0.2, 0.25) is 23.6 Å². The zero-order valence-electron chi connectivity index (χ0n) is 30.2.